The van der Waals surface area contributed by atoms with E-state index < -0.39 is 5.63 Å². The Bertz CT molecular complexity index is 1120. The van der Waals surface area contributed by atoms with Crippen LogP contribution in [0.25, 0.3) is 11.0 Å². The molecule has 2 aromatic carbocycles. The van der Waals surface area contributed by atoms with Crippen molar-refractivity contribution in [1.82, 2.24) is 4.90 Å². The summed E-state index contributed by atoms with van der Waals surface area (Å²) in [6.07, 6.45) is 3.24. The molecule has 1 aliphatic heterocycles. The Morgan fingerprint density at radius 3 is 2.69 bits per heavy atom. The van der Waals surface area contributed by atoms with Crippen molar-refractivity contribution in [2.75, 3.05) is 18.4 Å². The van der Waals surface area contributed by atoms with Gasteiger partial charge < -0.3 is 14.6 Å². The quantitative estimate of drug-likeness (QED) is 0.615. The molecule has 0 bridgehead atoms. The van der Waals surface area contributed by atoms with Crippen molar-refractivity contribution in [3.8, 4) is 0 Å². The van der Waals surface area contributed by atoms with Crippen molar-refractivity contribution in [3.63, 3.8) is 0 Å². The molecule has 5 nitrogen and oxygen atoms in total. The molecule has 0 atom stereocenters. The van der Waals surface area contributed by atoms with Gasteiger partial charge in [-0.25, -0.2) is 4.79 Å². The van der Waals surface area contributed by atoms with Crippen molar-refractivity contribution in [3.05, 3.63) is 74.6 Å². The Balaban J connectivity index is 1.63. The Kier molecular flexibility index (Phi) is 5.58. The summed E-state index contributed by atoms with van der Waals surface area (Å²) < 4.78 is 5.33. The number of anilines is 1. The van der Waals surface area contributed by atoms with Crippen LogP contribution in [0.3, 0.4) is 0 Å². The van der Waals surface area contributed by atoms with Gasteiger partial charge in [-0.2, -0.15) is 0 Å². The monoisotopic (exact) mass is 410 g/mol. The molecule has 0 saturated carbocycles. The summed E-state index contributed by atoms with van der Waals surface area (Å²) >= 11 is 6.20. The van der Waals surface area contributed by atoms with Crippen molar-refractivity contribution in [1.29, 1.82) is 0 Å². The van der Waals surface area contributed by atoms with Crippen LogP contribution in [0.4, 0.5) is 5.69 Å². The molecule has 1 aromatic heterocycles. The molecule has 0 spiro atoms. The number of fused-ring (bicyclic) bond motifs is 1. The Hall–Kier alpha value is -2.79. The standard InChI is InChI=1S/C23H23ClN2O3/c1-15-5-7-18-16(12-22(27)29-21(18)11-15)14-25-20-13-17(24)6-8-19(20)23(28)26-9-3-2-4-10-26/h5-8,11-13,25H,2-4,9-10,14H2,1H3. The average Bonchev–Trinajstić information content (AvgIpc) is 2.72. The molecule has 2 heterocycles. The molecule has 3 aromatic rings. The summed E-state index contributed by atoms with van der Waals surface area (Å²) in [5, 5.41) is 4.73. The van der Waals surface area contributed by atoms with E-state index in [4.69, 9.17) is 16.0 Å². The molecule has 1 saturated heterocycles. The van der Waals surface area contributed by atoms with Crippen molar-refractivity contribution >= 4 is 34.2 Å². The molecule has 0 radical (unpaired) electrons. The number of aryl methyl sites for hydroxylation is 1. The van der Waals surface area contributed by atoms with E-state index in [1.54, 1.807) is 18.2 Å². The normalized spacial score (nSPS) is 14.2. The maximum atomic E-state index is 13.0. The van der Waals surface area contributed by atoms with Crippen molar-refractivity contribution < 1.29 is 9.21 Å². The van der Waals surface area contributed by atoms with Gasteiger partial charge in [0.15, 0.2) is 0 Å². The van der Waals surface area contributed by atoms with Gasteiger partial charge in [0.05, 0.1) is 5.56 Å². The third-order valence-electron chi connectivity index (χ3n) is 5.31. The van der Waals surface area contributed by atoms with E-state index in [9.17, 15) is 9.59 Å². The van der Waals surface area contributed by atoms with E-state index in [2.05, 4.69) is 5.32 Å². The number of piperidine rings is 1. The summed E-state index contributed by atoms with van der Waals surface area (Å²) in [7, 11) is 0. The first kappa shape index (κ1) is 19.5. The molecule has 1 aliphatic rings. The summed E-state index contributed by atoms with van der Waals surface area (Å²) in [6, 6.07) is 12.5. The summed E-state index contributed by atoms with van der Waals surface area (Å²) in [5.41, 5.74) is 3.27. The van der Waals surface area contributed by atoms with E-state index >= 15 is 0 Å². The summed E-state index contributed by atoms with van der Waals surface area (Å²) in [6.45, 7) is 3.90. The lowest BCUT2D eigenvalue weighted by molar-refractivity contribution is 0.0725. The number of hydrogen-bond donors (Lipinski definition) is 1. The number of rotatable bonds is 4. The lowest BCUT2D eigenvalue weighted by Gasteiger charge is -2.27. The Morgan fingerprint density at radius 2 is 1.90 bits per heavy atom. The number of nitrogens with one attached hydrogen (secondary N) is 1. The molecule has 150 valence electrons. The van der Waals surface area contributed by atoms with Crippen LogP contribution in [0.15, 0.2) is 51.7 Å². The van der Waals surface area contributed by atoms with Crippen LogP contribution in [0.5, 0.6) is 0 Å². The van der Waals surface area contributed by atoms with E-state index in [0.717, 1.165) is 42.4 Å². The van der Waals surface area contributed by atoms with Gasteiger partial charge in [-0.05, 0) is 61.6 Å². The largest absolute Gasteiger partial charge is 0.423 e. The van der Waals surface area contributed by atoms with Gasteiger partial charge in [-0.15, -0.1) is 0 Å². The second-order valence-electron chi connectivity index (χ2n) is 7.49. The smallest absolute Gasteiger partial charge is 0.336 e. The van der Waals surface area contributed by atoms with Gasteiger partial charge in [-0.3, -0.25) is 4.79 Å². The number of amides is 1. The molecule has 0 aliphatic carbocycles. The number of carbonyl (C=O) groups excluding carboxylic acids is 1. The number of nitrogens with zero attached hydrogens (tertiary/aromatic N) is 1. The van der Waals surface area contributed by atoms with Crippen LogP contribution in [0.2, 0.25) is 5.02 Å². The lowest BCUT2D eigenvalue weighted by Crippen LogP contribution is -2.36. The molecule has 1 fully saturated rings. The van der Waals surface area contributed by atoms with E-state index in [1.807, 2.05) is 30.0 Å². The fourth-order valence-electron chi connectivity index (χ4n) is 3.79. The highest BCUT2D eigenvalue weighted by molar-refractivity contribution is 6.31. The molecular weight excluding hydrogens is 388 g/mol. The van der Waals surface area contributed by atoms with Crippen LogP contribution >= 0.6 is 11.6 Å². The molecule has 6 heteroatoms. The third kappa shape index (κ3) is 4.30. The molecule has 0 unspecified atom stereocenters. The van der Waals surface area contributed by atoms with Gasteiger partial charge in [0.25, 0.3) is 5.91 Å². The minimum Gasteiger partial charge on any atom is -0.423 e. The second-order valence-corrected chi connectivity index (χ2v) is 7.92. The molecule has 29 heavy (non-hydrogen) atoms. The van der Waals surface area contributed by atoms with Gasteiger partial charge in [-0.1, -0.05) is 23.7 Å². The van der Waals surface area contributed by atoms with Crippen molar-refractivity contribution in [2.24, 2.45) is 0 Å². The zero-order valence-corrected chi connectivity index (χ0v) is 17.1. The van der Waals surface area contributed by atoms with Crippen LogP contribution in [-0.2, 0) is 6.54 Å². The van der Waals surface area contributed by atoms with Crippen LogP contribution < -0.4 is 10.9 Å². The van der Waals surface area contributed by atoms with Gasteiger partial charge in [0.2, 0.25) is 0 Å². The molecule has 1 amide bonds. The highest BCUT2D eigenvalue weighted by Crippen LogP contribution is 2.26. The van der Waals surface area contributed by atoms with E-state index in [-0.39, 0.29) is 5.91 Å². The second kappa shape index (κ2) is 8.29. The molecule has 4 rings (SSSR count). The first-order valence-corrected chi connectivity index (χ1v) is 10.3. The van der Waals surface area contributed by atoms with Crippen LogP contribution in [-0.4, -0.2) is 23.9 Å². The van der Waals surface area contributed by atoms with E-state index in [0.29, 0.717) is 28.4 Å². The average molecular weight is 411 g/mol. The minimum absolute atomic E-state index is 0.0110. The minimum atomic E-state index is -0.393. The third-order valence-corrected chi connectivity index (χ3v) is 5.55. The van der Waals surface area contributed by atoms with Gasteiger partial charge in [0.1, 0.15) is 5.58 Å². The predicted molar refractivity (Wildman–Crippen MR) is 116 cm³/mol. The van der Waals surface area contributed by atoms with Crippen LogP contribution in [0.1, 0.15) is 40.7 Å². The maximum Gasteiger partial charge on any atom is 0.336 e. The number of halogens is 1. The van der Waals surface area contributed by atoms with E-state index in [1.165, 1.54) is 12.5 Å². The first-order valence-electron chi connectivity index (χ1n) is 9.87. The fraction of sp³-hybridized carbons (Fsp3) is 0.304. The highest BCUT2D eigenvalue weighted by atomic mass is 35.5. The summed E-state index contributed by atoms with van der Waals surface area (Å²) in [5.74, 6) is 0.0110. The zero-order valence-electron chi connectivity index (χ0n) is 16.3. The topological polar surface area (TPSA) is 62.6 Å². The summed E-state index contributed by atoms with van der Waals surface area (Å²) in [4.78, 5) is 26.9. The van der Waals surface area contributed by atoms with Crippen LogP contribution in [0, 0.1) is 6.92 Å². The lowest BCUT2D eigenvalue weighted by atomic mass is 10.1. The highest BCUT2D eigenvalue weighted by Gasteiger charge is 2.21. The van der Waals surface area contributed by atoms with Crippen molar-refractivity contribution in [2.45, 2.75) is 32.7 Å². The fourth-order valence-corrected chi connectivity index (χ4v) is 3.96. The zero-order chi connectivity index (χ0) is 20.4. The number of likely N-dealkylation sites (tertiary alicyclic amines) is 1. The Labute approximate surface area is 174 Å². The van der Waals surface area contributed by atoms with Gasteiger partial charge in [0, 0.05) is 41.8 Å². The van der Waals surface area contributed by atoms with Gasteiger partial charge >= 0.3 is 5.63 Å². The SMILES string of the molecule is Cc1ccc2c(CNc3cc(Cl)ccc3C(=O)N3CCCCC3)cc(=O)oc2c1. The number of benzene rings is 2. The number of carbonyl (C=O) groups is 1. The molecule has 1 N–H and O–H groups in total. The number of hydrogen-bond acceptors (Lipinski definition) is 4. The first-order chi connectivity index (χ1) is 14.0. The molecular formula is C23H23ClN2O3. The maximum absolute atomic E-state index is 13.0. The predicted octanol–water partition coefficient (Wildman–Crippen LogP) is 4.99. The Morgan fingerprint density at radius 1 is 1.10 bits per heavy atom.